The van der Waals surface area contributed by atoms with Gasteiger partial charge in [-0.3, -0.25) is 4.79 Å². The molecule has 0 atom stereocenters. The van der Waals surface area contributed by atoms with Crippen LogP contribution in [0.1, 0.15) is 16.8 Å². The van der Waals surface area contributed by atoms with E-state index in [0.717, 1.165) is 0 Å². The molecule has 0 unspecified atom stereocenters. The Morgan fingerprint density at radius 1 is 0.897 bits per heavy atom. The van der Waals surface area contributed by atoms with Crippen LogP contribution >= 0.6 is 11.8 Å². The van der Waals surface area contributed by atoms with Gasteiger partial charge in [-0.25, -0.2) is 9.18 Å². The van der Waals surface area contributed by atoms with Crippen molar-refractivity contribution in [1.29, 1.82) is 0 Å². The van der Waals surface area contributed by atoms with E-state index in [2.05, 4.69) is 5.32 Å². The maximum Gasteiger partial charge on any atom is 0.321 e. The van der Waals surface area contributed by atoms with Crippen molar-refractivity contribution in [2.75, 3.05) is 31.5 Å². The summed E-state index contributed by atoms with van der Waals surface area (Å²) in [5.41, 5.74) is 0.920. The molecular weight excluding hydrogens is 403 g/mol. The molecule has 1 fully saturated rings. The van der Waals surface area contributed by atoms with Crippen LogP contribution in [0, 0.1) is 5.82 Å². The summed E-state index contributed by atoms with van der Waals surface area (Å²) in [4.78, 5) is 28.8. The van der Waals surface area contributed by atoms with Gasteiger partial charge in [-0.1, -0.05) is 11.8 Å². The molecule has 29 heavy (non-hydrogen) atoms. The smallest absolute Gasteiger partial charge is 0.321 e. The normalized spacial score (nSPS) is 14.6. The third kappa shape index (κ3) is 5.90. The molecule has 0 radical (unpaired) electrons. The van der Waals surface area contributed by atoms with Crippen LogP contribution in [-0.4, -0.2) is 53.7 Å². The van der Waals surface area contributed by atoms with E-state index in [4.69, 9.17) is 0 Å². The second-order valence-corrected chi connectivity index (χ2v) is 7.54. The predicted octanol–water partition coefficient (Wildman–Crippen LogP) is 4.52. The highest BCUT2D eigenvalue weighted by atomic mass is 32.2. The first-order chi connectivity index (χ1) is 13.9. The fourth-order valence-electron chi connectivity index (χ4n) is 3.02. The fraction of sp³-hybridized carbons (Fsp3) is 0.300. The first-order valence-corrected chi connectivity index (χ1v) is 9.96. The van der Waals surface area contributed by atoms with Gasteiger partial charge < -0.3 is 15.1 Å². The summed E-state index contributed by atoms with van der Waals surface area (Å²) in [6.07, 6.45) is 0.615. The zero-order chi connectivity index (χ0) is 20.8. The minimum Gasteiger partial charge on any atom is -0.337 e. The summed E-state index contributed by atoms with van der Waals surface area (Å²) in [6.45, 7) is 1.71. The molecule has 9 heteroatoms. The van der Waals surface area contributed by atoms with Crippen molar-refractivity contribution in [2.24, 2.45) is 0 Å². The Kier molecular flexibility index (Phi) is 7.03. The number of amides is 3. The lowest BCUT2D eigenvalue weighted by Crippen LogP contribution is -2.39. The van der Waals surface area contributed by atoms with Crippen LogP contribution in [0.25, 0.3) is 0 Å². The summed E-state index contributed by atoms with van der Waals surface area (Å²) in [5, 5.41) is 2.75. The third-order valence-corrected chi connectivity index (χ3v) is 5.21. The van der Waals surface area contributed by atoms with E-state index in [1.807, 2.05) is 0 Å². The van der Waals surface area contributed by atoms with Gasteiger partial charge in [0.1, 0.15) is 5.82 Å². The molecule has 154 valence electrons. The summed E-state index contributed by atoms with van der Waals surface area (Å²) in [7, 11) is 0. The largest absolute Gasteiger partial charge is 0.337 e. The number of carbonyl (C=O) groups excluding carboxylic acids is 2. The van der Waals surface area contributed by atoms with Crippen LogP contribution in [-0.2, 0) is 0 Å². The number of benzene rings is 2. The molecule has 1 aliphatic heterocycles. The van der Waals surface area contributed by atoms with Gasteiger partial charge in [0.15, 0.2) is 0 Å². The highest BCUT2D eigenvalue weighted by Gasteiger charge is 2.23. The van der Waals surface area contributed by atoms with Crippen LogP contribution in [0.3, 0.4) is 0 Å². The van der Waals surface area contributed by atoms with Gasteiger partial charge in [0, 0.05) is 42.3 Å². The number of urea groups is 1. The topological polar surface area (TPSA) is 52.7 Å². The predicted molar refractivity (Wildman–Crippen MR) is 106 cm³/mol. The van der Waals surface area contributed by atoms with E-state index in [9.17, 15) is 22.8 Å². The van der Waals surface area contributed by atoms with Gasteiger partial charge in [0.05, 0.1) is 0 Å². The molecule has 5 nitrogen and oxygen atoms in total. The molecule has 0 bridgehead atoms. The van der Waals surface area contributed by atoms with Gasteiger partial charge in [0.25, 0.3) is 11.7 Å². The molecule has 1 heterocycles. The summed E-state index contributed by atoms with van der Waals surface area (Å²) in [6, 6.07) is 11.3. The number of thioether (sulfide) groups is 1. The van der Waals surface area contributed by atoms with Crippen molar-refractivity contribution in [2.45, 2.75) is 17.1 Å². The Labute approximate surface area is 170 Å². The molecule has 1 saturated heterocycles. The number of carbonyl (C=O) groups is 2. The van der Waals surface area contributed by atoms with E-state index in [1.54, 1.807) is 21.9 Å². The Balaban J connectivity index is 1.55. The lowest BCUT2D eigenvalue weighted by atomic mass is 10.2. The minimum atomic E-state index is -2.49. The first kappa shape index (κ1) is 21.0. The number of hydrogen-bond donors (Lipinski definition) is 1. The zero-order valence-corrected chi connectivity index (χ0v) is 16.3. The number of rotatable bonds is 4. The lowest BCUT2D eigenvalue weighted by Gasteiger charge is -2.22. The molecule has 0 spiro atoms. The second kappa shape index (κ2) is 9.69. The maximum absolute atomic E-state index is 13.0. The molecular formula is C20H20F3N3O2S. The molecule has 2 aromatic rings. The van der Waals surface area contributed by atoms with Gasteiger partial charge in [-0.2, -0.15) is 8.78 Å². The number of halogens is 3. The van der Waals surface area contributed by atoms with Crippen LogP contribution in [0.4, 0.5) is 23.7 Å². The Morgan fingerprint density at radius 3 is 2.17 bits per heavy atom. The van der Waals surface area contributed by atoms with E-state index in [1.165, 1.54) is 36.4 Å². The fourth-order valence-corrected chi connectivity index (χ4v) is 3.52. The monoisotopic (exact) mass is 423 g/mol. The van der Waals surface area contributed by atoms with E-state index >= 15 is 0 Å². The number of alkyl halides is 2. The number of nitrogens with zero attached hydrogens (tertiary/aromatic N) is 2. The summed E-state index contributed by atoms with van der Waals surface area (Å²) in [5.74, 6) is -3.09. The number of anilines is 1. The van der Waals surface area contributed by atoms with Crippen molar-refractivity contribution in [3.05, 3.63) is 59.9 Å². The van der Waals surface area contributed by atoms with E-state index in [-0.39, 0.29) is 11.9 Å². The van der Waals surface area contributed by atoms with Crippen molar-refractivity contribution >= 4 is 29.4 Å². The van der Waals surface area contributed by atoms with Crippen molar-refractivity contribution < 1.29 is 22.8 Å². The van der Waals surface area contributed by atoms with E-state index < -0.39 is 11.6 Å². The van der Waals surface area contributed by atoms with Gasteiger partial charge in [0.2, 0.25) is 0 Å². The average Bonchev–Trinajstić information content (AvgIpc) is 2.95. The summed E-state index contributed by atoms with van der Waals surface area (Å²) < 4.78 is 37.8. The minimum absolute atomic E-state index is 0.195. The summed E-state index contributed by atoms with van der Waals surface area (Å²) >= 11 is 0.444. The molecule has 2 aromatic carbocycles. The van der Waals surface area contributed by atoms with Crippen LogP contribution in [0.15, 0.2) is 53.4 Å². The lowest BCUT2D eigenvalue weighted by molar-refractivity contribution is 0.0762. The highest BCUT2D eigenvalue weighted by molar-refractivity contribution is 7.99. The SMILES string of the molecule is O=C(Nc1ccc(SC(F)F)cc1)N1CCCN(C(=O)c2ccc(F)cc2)CC1. The zero-order valence-electron chi connectivity index (χ0n) is 15.5. The Morgan fingerprint density at radius 2 is 1.52 bits per heavy atom. The molecule has 0 aliphatic carbocycles. The average molecular weight is 423 g/mol. The standard InChI is InChI=1S/C20H20F3N3O2S/c21-15-4-2-14(3-5-15)18(27)25-10-1-11-26(13-12-25)20(28)24-16-6-8-17(9-7-16)29-19(22)23/h2-9,19H,1,10-13H2,(H,24,28). The van der Waals surface area contributed by atoms with Crippen LogP contribution in [0.5, 0.6) is 0 Å². The number of hydrogen-bond acceptors (Lipinski definition) is 3. The molecule has 3 rings (SSSR count). The van der Waals surface area contributed by atoms with Crippen molar-refractivity contribution in [3.63, 3.8) is 0 Å². The van der Waals surface area contributed by atoms with Crippen molar-refractivity contribution in [1.82, 2.24) is 9.80 Å². The Bertz CT molecular complexity index is 847. The number of nitrogens with one attached hydrogen (secondary N) is 1. The van der Waals surface area contributed by atoms with E-state index in [0.29, 0.717) is 60.5 Å². The van der Waals surface area contributed by atoms with Crippen molar-refractivity contribution in [3.8, 4) is 0 Å². The van der Waals surface area contributed by atoms with Crippen LogP contribution in [0.2, 0.25) is 0 Å². The van der Waals surface area contributed by atoms with Crippen LogP contribution < -0.4 is 5.32 Å². The molecule has 1 aliphatic rings. The molecule has 0 aromatic heterocycles. The van der Waals surface area contributed by atoms with Gasteiger partial charge in [-0.05, 0) is 55.0 Å². The molecule has 3 amide bonds. The quantitative estimate of drug-likeness (QED) is 0.736. The molecule has 1 N–H and O–H groups in total. The first-order valence-electron chi connectivity index (χ1n) is 9.08. The third-order valence-electron chi connectivity index (χ3n) is 4.49. The Hall–Kier alpha value is -2.68. The van der Waals surface area contributed by atoms with Gasteiger partial charge in [-0.15, -0.1) is 0 Å². The second-order valence-electron chi connectivity index (χ2n) is 6.47. The van der Waals surface area contributed by atoms with Gasteiger partial charge >= 0.3 is 6.03 Å². The highest BCUT2D eigenvalue weighted by Crippen LogP contribution is 2.26. The maximum atomic E-state index is 13.0. The molecule has 0 saturated carbocycles.